The van der Waals surface area contributed by atoms with Crippen LogP contribution in [0.4, 0.5) is 0 Å². The summed E-state index contributed by atoms with van der Waals surface area (Å²) in [6.45, 7) is 12.7. The summed E-state index contributed by atoms with van der Waals surface area (Å²) in [6, 6.07) is 15.9. The molecule has 0 aliphatic heterocycles. The standard InChI is InChI=1S/C30H30O2S2/c1-17-11-19(3)25(20(4)12-17)15-33-29-27(31)23-9-7-8-10-24(23)28(32)30(29)34-16-26-21(5)13-18(2)14-22(26)6/h7-14H,15-16H2,1-6H3. The lowest BCUT2D eigenvalue weighted by molar-refractivity contribution is 0.0988. The molecule has 0 heterocycles. The summed E-state index contributed by atoms with van der Waals surface area (Å²) in [7, 11) is 0. The third-order valence-corrected chi connectivity index (χ3v) is 8.79. The van der Waals surface area contributed by atoms with E-state index in [1.54, 1.807) is 12.1 Å². The predicted octanol–water partition coefficient (Wildman–Crippen LogP) is 7.99. The number of benzene rings is 3. The summed E-state index contributed by atoms with van der Waals surface area (Å²) in [5, 5.41) is 0. The van der Waals surface area contributed by atoms with E-state index in [1.807, 2.05) is 12.1 Å². The molecule has 2 nitrogen and oxygen atoms in total. The number of hydrogen-bond donors (Lipinski definition) is 0. The molecule has 0 amide bonds. The Labute approximate surface area is 211 Å². The molecule has 0 atom stereocenters. The Morgan fingerprint density at radius 2 is 0.882 bits per heavy atom. The lowest BCUT2D eigenvalue weighted by Gasteiger charge is -2.21. The first-order chi connectivity index (χ1) is 16.2. The van der Waals surface area contributed by atoms with E-state index in [-0.39, 0.29) is 11.6 Å². The molecular formula is C30H30O2S2. The SMILES string of the molecule is Cc1cc(C)c(CSC2=C(SCc3c(C)cc(C)cc3C)C(=O)c3ccccc3C2=O)c(C)c1. The van der Waals surface area contributed by atoms with Crippen molar-refractivity contribution in [2.24, 2.45) is 0 Å². The van der Waals surface area contributed by atoms with Gasteiger partial charge in [-0.1, -0.05) is 59.7 Å². The molecule has 34 heavy (non-hydrogen) atoms. The van der Waals surface area contributed by atoms with Gasteiger partial charge in [-0.15, -0.1) is 23.5 Å². The van der Waals surface area contributed by atoms with E-state index in [0.717, 1.165) is 0 Å². The van der Waals surface area contributed by atoms with E-state index >= 15 is 0 Å². The molecule has 0 fully saturated rings. The maximum atomic E-state index is 13.6. The highest BCUT2D eigenvalue weighted by Gasteiger charge is 2.33. The van der Waals surface area contributed by atoms with Crippen molar-refractivity contribution in [1.29, 1.82) is 0 Å². The molecule has 4 rings (SSSR count). The summed E-state index contributed by atoms with van der Waals surface area (Å²) in [4.78, 5) is 28.3. The minimum atomic E-state index is -0.0394. The zero-order valence-electron chi connectivity index (χ0n) is 20.7. The fourth-order valence-corrected chi connectivity index (χ4v) is 7.53. The van der Waals surface area contributed by atoms with Gasteiger partial charge in [0.25, 0.3) is 0 Å². The maximum Gasteiger partial charge on any atom is 0.201 e. The topological polar surface area (TPSA) is 34.1 Å². The Morgan fingerprint density at radius 3 is 1.21 bits per heavy atom. The molecular weight excluding hydrogens is 456 g/mol. The van der Waals surface area contributed by atoms with Crippen molar-refractivity contribution in [3.8, 4) is 0 Å². The Balaban J connectivity index is 1.71. The van der Waals surface area contributed by atoms with E-state index < -0.39 is 0 Å². The molecule has 1 aliphatic carbocycles. The van der Waals surface area contributed by atoms with Crippen LogP contribution < -0.4 is 0 Å². The Bertz CT molecular complexity index is 1200. The molecule has 174 valence electrons. The molecule has 0 saturated carbocycles. The van der Waals surface area contributed by atoms with E-state index in [1.165, 1.54) is 68.0 Å². The van der Waals surface area contributed by atoms with Gasteiger partial charge in [0.15, 0.2) is 0 Å². The molecule has 4 heteroatoms. The molecule has 0 unspecified atom stereocenters. The van der Waals surface area contributed by atoms with Gasteiger partial charge in [0, 0.05) is 22.6 Å². The number of allylic oxidation sites excluding steroid dienone is 2. The van der Waals surface area contributed by atoms with Crippen LogP contribution in [0.5, 0.6) is 0 Å². The summed E-state index contributed by atoms with van der Waals surface area (Å²) < 4.78 is 0. The van der Waals surface area contributed by atoms with Gasteiger partial charge in [-0.05, 0) is 74.9 Å². The van der Waals surface area contributed by atoms with Gasteiger partial charge >= 0.3 is 0 Å². The smallest absolute Gasteiger partial charge is 0.201 e. The van der Waals surface area contributed by atoms with Crippen LogP contribution in [0.1, 0.15) is 65.2 Å². The van der Waals surface area contributed by atoms with Gasteiger partial charge in [0.05, 0.1) is 9.81 Å². The van der Waals surface area contributed by atoms with E-state index in [4.69, 9.17) is 0 Å². The molecule has 0 N–H and O–H groups in total. The minimum absolute atomic E-state index is 0.0394. The van der Waals surface area contributed by atoms with Crippen molar-refractivity contribution in [2.45, 2.75) is 53.0 Å². The van der Waals surface area contributed by atoms with E-state index in [9.17, 15) is 9.59 Å². The molecule has 0 aromatic heterocycles. The number of carbonyl (C=O) groups excluding carboxylic acids is 2. The Morgan fingerprint density at radius 1 is 0.559 bits per heavy atom. The van der Waals surface area contributed by atoms with Crippen LogP contribution in [-0.2, 0) is 11.5 Å². The van der Waals surface area contributed by atoms with Gasteiger partial charge in [0.2, 0.25) is 11.6 Å². The van der Waals surface area contributed by atoms with Crippen molar-refractivity contribution < 1.29 is 9.59 Å². The zero-order chi connectivity index (χ0) is 24.6. The highest BCUT2D eigenvalue weighted by atomic mass is 32.2. The third kappa shape index (κ3) is 4.80. The highest BCUT2D eigenvalue weighted by molar-refractivity contribution is 8.07. The number of ketones is 2. The largest absolute Gasteiger partial charge is 0.288 e. The van der Waals surface area contributed by atoms with Crippen LogP contribution in [0, 0.1) is 41.5 Å². The molecule has 0 bridgehead atoms. The van der Waals surface area contributed by atoms with E-state index in [0.29, 0.717) is 32.4 Å². The van der Waals surface area contributed by atoms with Gasteiger partial charge < -0.3 is 0 Å². The molecule has 3 aromatic carbocycles. The number of thioether (sulfide) groups is 2. The Kier molecular flexibility index (Phi) is 7.20. The maximum absolute atomic E-state index is 13.6. The van der Waals surface area contributed by atoms with Crippen LogP contribution in [0.25, 0.3) is 0 Å². The number of rotatable bonds is 6. The van der Waals surface area contributed by atoms with Crippen LogP contribution in [0.3, 0.4) is 0 Å². The average Bonchev–Trinajstić information content (AvgIpc) is 2.76. The van der Waals surface area contributed by atoms with Crippen LogP contribution in [0.2, 0.25) is 0 Å². The second-order valence-corrected chi connectivity index (χ2v) is 11.2. The number of Topliss-reactive ketones (excluding diaryl/α,β-unsaturated/α-hetero) is 2. The summed E-state index contributed by atoms with van der Waals surface area (Å²) >= 11 is 3.01. The van der Waals surface area contributed by atoms with Gasteiger partial charge in [-0.25, -0.2) is 0 Å². The quantitative estimate of drug-likeness (QED) is 0.353. The molecule has 0 saturated heterocycles. The summed E-state index contributed by atoms with van der Waals surface area (Å²) in [5.41, 5.74) is 10.9. The van der Waals surface area contributed by atoms with Crippen molar-refractivity contribution in [3.05, 3.63) is 114 Å². The Hall–Kier alpha value is -2.56. The predicted molar refractivity (Wildman–Crippen MR) is 146 cm³/mol. The van der Waals surface area contributed by atoms with Crippen molar-refractivity contribution in [1.82, 2.24) is 0 Å². The number of fused-ring (bicyclic) bond motifs is 1. The molecule has 0 spiro atoms. The number of aryl methyl sites for hydroxylation is 6. The first-order valence-electron chi connectivity index (χ1n) is 11.5. The van der Waals surface area contributed by atoms with Crippen molar-refractivity contribution in [2.75, 3.05) is 0 Å². The normalized spacial score (nSPS) is 13.5. The summed E-state index contributed by atoms with van der Waals surface area (Å²) in [5.74, 6) is 1.26. The fourth-order valence-electron chi connectivity index (χ4n) is 4.76. The molecule has 1 aliphatic rings. The average molecular weight is 487 g/mol. The van der Waals surface area contributed by atoms with Crippen LogP contribution in [0.15, 0.2) is 58.3 Å². The molecule has 0 radical (unpaired) electrons. The molecule has 3 aromatic rings. The zero-order valence-corrected chi connectivity index (χ0v) is 22.3. The monoisotopic (exact) mass is 486 g/mol. The van der Waals surface area contributed by atoms with Crippen molar-refractivity contribution in [3.63, 3.8) is 0 Å². The highest BCUT2D eigenvalue weighted by Crippen LogP contribution is 2.41. The first kappa shape index (κ1) is 24.6. The van der Waals surface area contributed by atoms with Crippen LogP contribution >= 0.6 is 23.5 Å². The summed E-state index contributed by atoms with van der Waals surface area (Å²) in [6.07, 6.45) is 0. The van der Waals surface area contributed by atoms with Crippen molar-refractivity contribution >= 4 is 35.1 Å². The number of hydrogen-bond acceptors (Lipinski definition) is 4. The van der Waals surface area contributed by atoms with Gasteiger partial charge in [-0.3, -0.25) is 9.59 Å². The lowest BCUT2D eigenvalue weighted by atomic mass is 9.94. The van der Waals surface area contributed by atoms with E-state index in [2.05, 4.69) is 65.8 Å². The first-order valence-corrected chi connectivity index (χ1v) is 13.5. The minimum Gasteiger partial charge on any atom is -0.288 e. The van der Waals surface area contributed by atoms with Gasteiger partial charge in [-0.2, -0.15) is 0 Å². The fraction of sp³-hybridized carbons (Fsp3) is 0.267. The number of carbonyl (C=O) groups is 2. The lowest BCUT2D eigenvalue weighted by Crippen LogP contribution is -2.20. The second kappa shape index (κ2) is 9.97. The van der Waals surface area contributed by atoms with Crippen LogP contribution in [-0.4, -0.2) is 11.6 Å². The third-order valence-electron chi connectivity index (χ3n) is 6.44. The second-order valence-electron chi connectivity index (χ2n) is 9.19. The van der Waals surface area contributed by atoms with Gasteiger partial charge in [0.1, 0.15) is 0 Å².